The fourth-order valence-corrected chi connectivity index (χ4v) is 7.65. The van der Waals surface area contributed by atoms with Gasteiger partial charge in [0.05, 0.1) is 39.9 Å². The Bertz CT molecular complexity index is 839. The van der Waals surface area contributed by atoms with Crippen LogP contribution in [-0.2, 0) is 18.4 Å². The van der Waals surface area contributed by atoms with Crippen molar-refractivity contribution in [1.82, 2.24) is 5.32 Å². The summed E-state index contributed by atoms with van der Waals surface area (Å²) in [4.78, 5) is 25.1. The van der Waals surface area contributed by atoms with Crippen molar-refractivity contribution in [3.05, 3.63) is 0 Å². The number of carbonyl (C=O) groups is 1. The second-order valence-electron chi connectivity index (χ2n) is 17.1. The third-order valence-corrected chi connectivity index (χ3v) is 11.6. The van der Waals surface area contributed by atoms with E-state index in [9.17, 15) is 19.4 Å². The monoisotopic (exact) mass is 775 g/mol. The van der Waals surface area contributed by atoms with Crippen LogP contribution in [0.25, 0.3) is 0 Å². The van der Waals surface area contributed by atoms with E-state index in [-0.39, 0.29) is 19.1 Å². The highest BCUT2D eigenvalue weighted by molar-refractivity contribution is 7.45. The number of rotatable bonds is 42. The number of nitrogens with zero attached hydrogens (tertiary/aromatic N) is 1. The molecule has 8 nitrogen and oxygen atoms in total. The lowest BCUT2D eigenvalue weighted by molar-refractivity contribution is -0.870. The fraction of sp³-hybridized carbons (Fsp3) is 0.977. The van der Waals surface area contributed by atoms with Crippen LogP contribution in [0.3, 0.4) is 0 Å². The van der Waals surface area contributed by atoms with Gasteiger partial charge in [0.1, 0.15) is 13.2 Å². The van der Waals surface area contributed by atoms with Gasteiger partial charge in [0.2, 0.25) is 5.91 Å². The maximum absolute atomic E-state index is 12.8. The molecule has 9 heteroatoms. The number of phosphoric acid groups is 1. The highest BCUT2D eigenvalue weighted by Gasteiger charge is 2.24. The predicted molar refractivity (Wildman–Crippen MR) is 224 cm³/mol. The standard InChI is InChI=1S/C44H91N2O6P/c1-6-8-10-12-13-14-15-16-17-18-19-20-21-22-23-24-25-26-27-28-29-30-31-32-34-36-38-44(48)45-42(43(47)37-35-33-11-9-7-2)41-52-53(49,50)51-40-39-46(3,4)5/h42-43,47H,6-41H2,1-5H3,(H-,45,48,49,50). The van der Waals surface area contributed by atoms with Crippen molar-refractivity contribution < 1.29 is 32.9 Å². The Labute approximate surface area is 329 Å². The molecule has 0 rings (SSSR count). The number of hydrogen-bond donors (Lipinski definition) is 2. The molecule has 0 saturated carbocycles. The zero-order chi connectivity index (χ0) is 39.3. The van der Waals surface area contributed by atoms with E-state index in [2.05, 4.69) is 19.2 Å². The first-order valence-electron chi connectivity index (χ1n) is 22.9. The quantitative estimate of drug-likeness (QED) is 0.0363. The van der Waals surface area contributed by atoms with Gasteiger partial charge in [-0.3, -0.25) is 9.36 Å². The van der Waals surface area contributed by atoms with Gasteiger partial charge in [-0.25, -0.2) is 0 Å². The second-order valence-corrected chi connectivity index (χ2v) is 18.5. The van der Waals surface area contributed by atoms with Crippen LogP contribution in [0, 0.1) is 0 Å². The average Bonchev–Trinajstić information content (AvgIpc) is 3.10. The summed E-state index contributed by atoms with van der Waals surface area (Å²) in [5.74, 6) is -0.167. The van der Waals surface area contributed by atoms with Crippen LogP contribution in [-0.4, -0.2) is 68.5 Å². The zero-order valence-electron chi connectivity index (χ0n) is 36.0. The molecule has 318 valence electrons. The average molecular weight is 775 g/mol. The third-order valence-electron chi connectivity index (χ3n) is 10.6. The van der Waals surface area contributed by atoms with Crippen LogP contribution < -0.4 is 10.2 Å². The predicted octanol–water partition coefficient (Wildman–Crippen LogP) is 12.0. The van der Waals surface area contributed by atoms with Crippen molar-refractivity contribution in [2.45, 2.75) is 238 Å². The van der Waals surface area contributed by atoms with E-state index in [1.165, 1.54) is 148 Å². The third kappa shape index (κ3) is 39.5. The number of carbonyl (C=O) groups excluding carboxylic acids is 1. The van der Waals surface area contributed by atoms with Gasteiger partial charge < -0.3 is 28.8 Å². The molecule has 0 heterocycles. The van der Waals surface area contributed by atoms with Gasteiger partial charge in [0.25, 0.3) is 7.82 Å². The molecular formula is C44H91N2O6P. The van der Waals surface area contributed by atoms with Crippen LogP contribution in [0.5, 0.6) is 0 Å². The number of nitrogens with one attached hydrogen (secondary N) is 1. The molecule has 2 N–H and O–H groups in total. The van der Waals surface area contributed by atoms with Gasteiger partial charge in [-0.1, -0.05) is 206 Å². The van der Waals surface area contributed by atoms with Gasteiger partial charge in [-0.05, 0) is 12.8 Å². The Balaban J connectivity index is 3.88. The number of phosphoric ester groups is 1. The maximum atomic E-state index is 12.8. The molecule has 0 radical (unpaired) electrons. The smallest absolute Gasteiger partial charge is 0.268 e. The van der Waals surface area contributed by atoms with Gasteiger partial charge in [0.15, 0.2) is 0 Å². The first-order valence-corrected chi connectivity index (χ1v) is 24.3. The summed E-state index contributed by atoms with van der Waals surface area (Å²) < 4.78 is 23.1. The first kappa shape index (κ1) is 52.5. The Hall–Kier alpha value is -0.500. The molecule has 0 fully saturated rings. The lowest BCUT2D eigenvalue weighted by atomic mass is 10.0. The fourth-order valence-electron chi connectivity index (χ4n) is 6.92. The molecule has 1 amide bonds. The Morgan fingerprint density at radius 3 is 1.28 bits per heavy atom. The van der Waals surface area contributed by atoms with E-state index >= 15 is 0 Å². The molecule has 0 aromatic carbocycles. The van der Waals surface area contributed by atoms with E-state index < -0.39 is 20.0 Å². The van der Waals surface area contributed by atoms with Crippen LogP contribution in [0.1, 0.15) is 226 Å². The molecular weight excluding hydrogens is 683 g/mol. The minimum atomic E-state index is -4.54. The number of unbranched alkanes of at least 4 members (excludes halogenated alkanes) is 29. The van der Waals surface area contributed by atoms with Crippen molar-refractivity contribution in [2.24, 2.45) is 0 Å². The molecule has 0 spiro atoms. The summed E-state index contributed by atoms with van der Waals surface area (Å²) in [5, 5.41) is 13.7. The number of aliphatic hydroxyl groups excluding tert-OH is 1. The van der Waals surface area contributed by atoms with Crippen molar-refractivity contribution >= 4 is 13.7 Å². The topological polar surface area (TPSA) is 108 Å². The Kier molecular flexibility index (Phi) is 36.7. The van der Waals surface area contributed by atoms with Crippen molar-refractivity contribution in [3.8, 4) is 0 Å². The molecule has 53 heavy (non-hydrogen) atoms. The van der Waals surface area contributed by atoms with E-state index in [1.807, 2.05) is 21.1 Å². The molecule has 0 aromatic rings. The highest BCUT2D eigenvalue weighted by atomic mass is 31.2. The summed E-state index contributed by atoms with van der Waals surface area (Å²) in [7, 11) is 1.31. The van der Waals surface area contributed by atoms with Crippen LogP contribution in [0.15, 0.2) is 0 Å². The van der Waals surface area contributed by atoms with Crippen LogP contribution in [0.2, 0.25) is 0 Å². The highest BCUT2D eigenvalue weighted by Crippen LogP contribution is 2.38. The van der Waals surface area contributed by atoms with Crippen molar-refractivity contribution in [1.29, 1.82) is 0 Å². The summed E-state index contributed by atoms with van der Waals surface area (Å²) in [6, 6.07) is -0.790. The van der Waals surface area contributed by atoms with Gasteiger partial charge in [-0.15, -0.1) is 0 Å². The van der Waals surface area contributed by atoms with Gasteiger partial charge in [0, 0.05) is 6.42 Å². The number of likely N-dealkylation sites (N-methyl/N-ethyl adjacent to an activating group) is 1. The molecule has 0 aliphatic carbocycles. The van der Waals surface area contributed by atoms with E-state index in [0.717, 1.165) is 51.4 Å². The number of aliphatic hydroxyl groups is 1. The largest absolute Gasteiger partial charge is 0.756 e. The molecule has 0 aliphatic rings. The molecule has 0 saturated heterocycles. The Morgan fingerprint density at radius 1 is 0.585 bits per heavy atom. The van der Waals surface area contributed by atoms with Gasteiger partial charge in [-0.2, -0.15) is 0 Å². The normalized spacial score (nSPS) is 14.3. The number of amides is 1. The van der Waals surface area contributed by atoms with E-state index in [4.69, 9.17) is 9.05 Å². The van der Waals surface area contributed by atoms with E-state index in [1.54, 1.807) is 0 Å². The molecule has 0 bridgehead atoms. The van der Waals surface area contributed by atoms with Crippen LogP contribution in [0.4, 0.5) is 0 Å². The maximum Gasteiger partial charge on any atom is 0.268 e. The molecule has 0 aliphatic heterocycles. The second kappa shape index (κ2) is 37.1. The van der Waals surface area contributed by atoms with Crippen LogP contribution >= 0.6 is 7.82 Å². The SMILES string of the molecule is CCCCCCCCCCCCCCCCCCCCCCCCCCCCC(=O)NC(COP(=O)([O-])OCC[N+](C)(C)C)C(O)CCCCCCC. The van der Waals surface area contributed by atoms with Gasteiger partial charge >= 0.3 is 0 Å². The van der Waals surface area contributed by atoms with E-state index in [0.29, 0.717) is 23.9 Å². The summed E-state index contributed by atoms with van der Waals surface area (Å²) in [6.45, 7) is 4.65. The molecule has 3 atom stereocenters. The van der Waals surface area contributed by atoms with Crippen molar-refractivity contribution in [3.63, 3.8) is 0 Å². The minimum absolute atomic E-state index is 0.0148. The molecule has 3 unspecified atom stereocenters. The summed E-state index contributed by atoms with van der Waals surface area (Å²) in [5.41, 5.74) is 0. The summed E-state index contributed by atoms with van der Waals surface area (Å²) in [6.07, 6.45) is 40.3. The van der Waals surface area contributed by atoms with Crippen molar-refractivity contribution in [2.75, 3.05) is 40.9 Å². The molecule has 0 aromatic heterocycles. The first-order chi connectivity index (χ1) is 25.5. The Morgan fingerprint density at radius 2 is 0.925 bits per heavy atom. The lowest BCUT2D eigenvalue weighted by Crippen LogP contribution is -2.46. The lowest BCUT2D eigenvalue weighted by Gasteiger charge is -2.30. The zero-order valence-corrected chi connectivity index (χ0v) is 36.9. The number of quaternary nitrogens is 1. The number of hydrogen-bond acceptors (Lipinski definition) is 6. The summed E-state index contributed by atoms with van der Waals surface area (Å²) >= 11 is 0. The minimum Gasteiger partial charge on any atom is -0.756 e.